The Kier molecular flexibility index (Phi) is 4.83. The van der Waals surface area contributed by atoms with E-state index in [1.54, 1.807) is 0 Å². The van der Waals surface area contributed by atoms with E-state index in [2.05, 4.69) is 46.4 Å². The summed E-state index contributed by atoms with van der Waals surface area (Å²) in [6, 6.07) is 0. The SMILES string of the molecule is CC(C)(C)C1C[C@@H](O[C@@H]2CCOC2)CN(C(C)(C)C)C1. The number of likely N-dealkylation sites (tertiary alicyclic amines) is 1. The lowest BCUT2D eigenvalue weighted by Gasteiger charge is -2.48. The predicted octanol–water partition coefficient (Wildman–Crippen LogP) is 3.33. The first-order valence-electron chi connectivity index (χ1n) is 8.14. The van der Waals surface area contributed by atoms with Crippen LogP contribution in [-0.4, -0.2) is 49.0 Å². The molecule has 2 saturated heterocycles. The average molecular weight is 283 g/mol. The highest BCUT2D eigenvalue weighted by atomic mass is 16.6. The van der Waals surface area contributed by atoms with Crippen molar-refractivity contribution in [1.82, 2.24) is 4.90 Å². The molecule has 1 unspecified atom stereocenters. The van der Waals surface area contributed by atoms with Crippen molar-refractivity contribution in [2.45, 2.75) is 72.1 Å². The molecule has 0 bridgehead atoms. The molecule has 0 N–H and O–H groups in total. The van der Waals surface area contributed by atoms with Gasteiger partial charge in [-0.05, 0) is 44.9 Å². The third-order valence-electron chi connectivity index (χ3n) is 4.86. The van der Waals surface area contributed by atoms with Gasteiger partial charge >= 0.3 is 0 Å². The maximum absolute atomic E-state index is 6.34. The largest absolute Gasteiger partial charge is 0.379 e. The topological polar surface area (TPSA) is 21.7 Å². The van der Waals surface area contributed by atoms with Crippen molar-refractivity contribution < 1.29 is 9.47 Å². The Labute approximate surface area is 125 Å². The summed E-state index contributed by atoms with van der Waals surface area (Å²) in [7, 11) is 0. The molecule has 2 fully saturated rings. The van der Waals surface area contributed by atoms with Gasteiger partial charge in [0.1, 0.15) is 0 Å². The molecule has 3 heteroatoms. The Morgan fingerprint density at radius 3 is 2.20 bits per heavy atom. The molecule has 2 heterocycles. The minimum absolute atomic E-state index is 0.220. The van der Waals surface area contributed by atoms with Gasteiger partial charge in [-0.1, -0.05) is 20.8 Å². The van der Waals surface area contributed by atoms with Gasteiger partial charge in [-0.3, -0.25) is 4.90 Å². The van der Waals surface area contributed by atoms with E-state index < -0.39 is 0 Å². The molecule has 2 aliphatic rings. The quantitative estimate of drug-likeness (QED) is 0.776. The lowest BCUT2D eigenvalue weighted by Crippen LogP contribution is -2.55. The first-order chi connectivity index (χ1) is 9.16. The van der Waals surface area contributed by atoms with E-state index in [-0.39, 0.29) is 5.54 Å². The predicted molar refractivity (Wildman–Crippen MR) is 83.0 cm³/mol. The number of piperidine rings is 1. The second-order valence-corrected chi connectivity index (χ2v) is 8.62. The summed E-state index contributed by atoms with van der Waals surface area (Å²) in [6.45, 7) is 17.9. The number of nitrogens with zero attached hydrogens (tertiary/aromatic N) is 1. The molecule has 2 aliphatic heterocycles. The summed E-state index contributed by atoms with van der Waals surface area (Å²) in [6.07, 6.45) is 2.93. The van der Waals surface area contributed by atoms with Crippen molar-refractivity contribution >= 4 is 0 Å². The zero-order valence-corrected chi connectivity index (χ0v) is 14.2. The van der Waals surface area contributed by atoms with Crippen molar-refractivity contribution in [3.05, 3.63) is 0 Å². The zero-order valence-electron chi connectivity index (χ0n) is 14.2. The molecule has 0 amide bonds. The molecular weight excluding hydrogens is 250 g/mol. The van der Waals surface area contributed by atoms with Gasteiger partial charge < -0.3 is 9.47 Å². The molecule has 0 aliphatic carbocycles. The summed E-state index contributed by atoms with van der Waals surface area (Å²) < 4.78 is 11.8. The molecule has 3 atom stereocenters. The molecular formula is C17H33NO2. The zero-order chi connectivity index (χ0) is 15.0. The lowest BCUT2D eigenvalue weighted by molar-refractivity contribution is -0.0933. The second kappa shape index (κ2) is 5.94. The minimum atomic E-state index is 0.220. The van der Waals surface area contributed by atoms with Gasteiger partial charge in [0, 0.05) is 25.2 Å². The van der Waals surface area contributed by atoms with Gasteiger partial charge in [-0.2, -0.15) is 0 Å². The molecule has 0 spiro atoms. The Balaban J connectivity index is 2.03. The molecule has 20 heavy (non-hydrogen) atoms. The van der Waals surface area contributed by atoms with Gasteiger partial charge in [0.2, 0.25) is 0 Å². The summed E-state index contributed by atoms with van der Waals surface area (Å²) in [5.41, 5.74) is 0.565. The maximum Gasteiger partial charge on any atom is 0.0834 e. The van der Waals surface area contributed by atoms with E-state index in [0.717, 1.165) is 26.2 Å². The van der Waals surface area contributed by atoms with Crippen LogP contribution in [0.5, 0.6) is 0 Å². The standard InChI is InChI=1S/C17H33NO2/c1-16(2,3)13-9-15(20-14-7-8-19-12-14)11-18(10-13)17(4,5)6/h13-15H,7-12H2,1-6H3/t13?,14-,15-/m1/s1. The molecule has 0 aromatic carbocycles. The van der Waals surface area contributed by atoms with Crippen LogP contribution < -0.4 is 0 Å². The van der Waals surface area contributed by atoms with E-state index >= 15 is 0 Å². The van der Waals surface area contributed by atoms with Crippen molar-refractivity contribution in [2.24, 2.45) is 11.3 Å². The fourth-order valence-electron chi connectivity index (χ4n) is 3.22. The van der Waals surface area contributed by atoms with Gasteiger partial charge in [-0.25, -0.2) is 0 Å². The van der Waals surface area contributed by atoms with Crippen LogP contribution in [0.15, 0.2) is 0 Å². The van der Waals surface area contributed by atoms with Gasteiger partial charge in [0.25, 0.3) is 0 Å². The summed E-state index contributed by atoms with van der Waals surface area (Å²) in [5.74, 6) is 0.697. The number of hydrogen-bond acceptors (Lipinski definition) is 3. The van der Waals surface area contributed by atoms with Crippen molar-refractivity contribution in [3.8, 4) is 0 Å². The highest BCUT2D eigenvalue weighted by Gasteiger charge is 2.39. The third-order valence-corrected chi connectivity index (χ3v) is 4.86. The molecule has 0 aromatic rings. The van der Waals surface area contributed by atoms with Gasteiger partial charge in [0.05, 0.1) is 18.8 Å². The van der Waals surface area contributed by atoms with Crippen LogP contribution in [0.4, 0.5) is 0 Å². The fraction of sp³-hybridized carbons (Fsp3) is 1.00. The van der Waals surface area contributed by atoms with Crippen LogP contribution >= 0.6 is 0 Å². The van der Waals surface area contributed by atoms with E-state index in [9.17, 15) is 0 Å². The van der Waals surface area contributed by atoms with E-state index in [1.165, 1.54) is 13.0 Å². The van der Waals surface area contributed by atoms with E-state index in [1.807, 2.05) is 0 Å². The lowest BCUT2D eigenvalue weighted by atomic mass is 9.74. The number of hydrogen-bond donors (Lipinski definition) is 0. The van der Waals surface area contributed by atoms with E-state index in [0.29, 0.717) is 23.5 Å². The molecule has 118 valence electrons. The first-order valence-corrected chi connectivity index (χ1v) is 8.14. The van der Waals surface area contributed by atoms with Crippen LogP contribution in [0.25, 0.3) is 0 Å². The van der Waals surface area contributed by atoms with Crippen LogP contribution in [0.3, 0.4) is 0 Å². The Morgan fingerprint density at radius 1 is 1.00 bits per heavy atom. The van der Waals surface area contributed by atoms with Gasteiger partial charge in [0.15, 0.2) is 0 Å². The first kappa shape index (κ1) is 16.3. The number of rotatable bonds is 2. The molecule has 0 radical (unpaired) electrons. The summed E-state index contributed by atoms with van der Waals surface area (Å²) >= 11 is 0. The van der Waals surface area contributed by atoms with Gasteiger partial charge in [-0.15, -0.1) is 0 Å². The molecule has 3 nitrogen and oxygen atoms in total. The fourth-order valence-corrected chi connectivity index (χ4v) is 3.22. The average Bonchev–Trinajstić information content (AvgIpc) is 2.79. The van der Waals surface area contributed by atoms with E-state index in [4.69, 9.17) is 9.47 Å². The summed E-state index contributed by atoms with van der Waals surface area (Å²) in [5, 5.41) is 0. The maximum atomic E-state index is 6.34. The Hall–Kier alpha value is -0.120. The number of ether oxygens (including phenoxy) is 2. The second-order valence-electron chi connectivity index (χ2n) is 8.62. The highest BCUT2D eigenvalue weighted by molar-refractivity contribution is 4.91. The van der Waals surface area contributed by atoms with Crippen LogP contribution in [-0.2, 0) is 9.47 Å². The molecule has 0 saturated carbocycles. The normalized spacial score (nSPS) is 33.6. The van der Waals surface area contributed by atoms with Crippen LogP contribution in [0.2, 0.25) is 0 Å². The Morgan fingerprint density at radius 2 is 1.70 bits per heavy atom. The third kappa shape index (κ3) is 4.19. The highest BCUT2D eigenvalue weighted by Crippen LogP contribution is 2.37. The monoisotopic (exact) mass is 283 g/mol. The van der Waals surface area contributed by atoms with Crippen LogP contribution in [0, 0.1) is 11.3 Å². The molecule has 2 rings (SSSR count). The van der Waals surface area contributed by atoms with Crippen LogP contribution in [0.1, 0.15) is 54.4 Å². The Bertz CT molecular complexity index is 288. The van der Waals surface area contributed by atoms with Crippen molar-refractivity contribution in [2.75, 3.05) is 26.3 Å². The van der Waals surface area contributed by atoms with Crippen molar-refractivity contribution in [1.29, 1.82) is 0 Å². The summed E-state index contributed by atoms with van der Waals surface area (Å²) in [4.78, 5) is 2.60. The smallest absolute Gasteiger partial charge is 0.0834 e. The molecule has 0 aromatic heterocycles. The van der Waals surface area contributed by atoms with Crippen molar-refractivity contribution in [3.63, 3.8) is 0 Å². The minimum Gasteiger partial charge on any atom is -0.379 e.